The molecule has 3 saturated carbocycles. The summed E-state index contributed by atoms with van der Waals surface area (Å²) in [6.07, 6.45) is 2.73. The normalized spacial score (nSPS) is 41.2. The van der Waals surface area contributed by atoms with E-state index in [1.807, 2.05) is 0 Å². The molecular formula is C17H23BO2. The van der Waals surface area contributed by atoms with E-state index in [4.69, 9.17) is 9.31 Å². The Morgan fingerprint density at radius 3 is 2.60 bits per heavy atom. The van der Waals surface area contributed by atoms with Crippen LogP contribution in [-0.2, 0) is 9.31 Å². The van der Waals surface area contributed by atoms with Crippen LogP contribution < -0.4 is 5.46 Å². The van der Waals surface area contributed by atoms with Crippen LogP contribution in [-0.4, -0.2) is 18.8 Å². The summed E-state index contributed by atoms with van der Waals surface area (Å²) in [6, 6.07) is 8.41. The summed E-state index contributed by atoms with van der Waals surface area (Å²) in [4.78, 5) is 0. The summed E-state index contributed by atoms with van der Waals surface area (Å²) < 4.78 is 12.8. The van der Waals surface area contributed by atoms with Crippen molar-refractivity contribution in [2.75, 3.05) is 0 Å². The lowest BCUT2D eigenvalue weighted by Crippen LogP contribution is -2.65. The predicted molar refractivity (Wildman–Crippen MR) is 80.9 cm³/mol. The molecule has 1 aromatic carbocycles. The lowest BCUT2D eigenvalue weighted by Gasteiger charge is -2.64. The van der Waals surface area contributed by atoms with Crippen molar-refractivity contribution in [2.24, 2.45) is 17.3 Å². The van der Waals surface area contributed by atoms with Gasteiger partial charge >= 0.3 is 7.12 Å². The largest absolute Gasteiger partial charge is 0.494 e. The Balaban J connectivity index is 1.66. The van der Waals surface area contributed by atoms with Gasteiger partial charge in [-0.1, -0.05) is 43.7 Å². The molecule has 1 heterocycles. The molecule has 0 aromatic heterocycles. The second-order valence-electron chi connectivity index (χ2n) is 7.66. The second-order valence-corrected chi connectivity index (χ2v) is 7.66. The number of hydrogen-bond donors (Lipinski definition) is 0. The van der Waals surface area contributed by atoms with Crippen LogP contribution in [0.3, 0.4) is 0 Å². The first-order chi connectivity index (χ1) is 9.43. The molecule has 0 N–H and O–H groups in total. The summed E-state index contributed by atoms with van der Waals surface area (Å²) in [6.45, 7) is 9.21. The van der Waals surface area contributed by atoms with Gasteiger partial charge in [0.05, 0.1) is 11.7 Å². The highest BCUT2D eigenvalue weighted by atomic mass is 16.7. The number of aryl methyl sites for hydroxylation is 1. The van der Waals surface area contributed by atoms with Crippen LogP contribution >= 0.6 is 0 Å². The van der Waals surface area contributed by atoms with Gasteiger partial charge in [0.1, 0.15) is 0 Å². The van der Waals surface area contributed by atoms with Crippen LogP contribution in [0.4, 0.5) is 0 Å². The zero-order valence-electron chi connectivity index (χ0n) is 12.8. The molecule has 1 aliphatic heterocycles. The van der Waals surface area contributed by atoms with E-state index in [9.17, 15) is 0 Å². The van der Waals surface area contributed by atoms with Crippen molar-refractivity contribution in [3.05, 3.63) is 29.8 Å². The van der Waals surface area contributed by atoms with E-state index in [-0.39, 0.29) is 18.8 Å². The molecule has 106 valence electrons. The molecule has 1 aromatic rings. The first-order valence-corrected chi connectivity index (χ1v) is 7.81. The molecule has 4 fully saturated rings. The van der Waals surface area contributed by atoms with Crippen LogP contribution in [0.15, 0.2) is 24.3 Å². The van der Waals surface area contributed by atoms with Crippen LogP contribution in [0, 0.1) is 24.2 Å². The fourth-order valence-corrected chi connectivity index (χ4v) is 4.85. The van der Waals surface area contributed by atoms with Gasteiger partial charge in [0, 0.05) is 0 Å². The van der Waals surface area contributed by atoms with Gasteiger partial charge in [-0.15, -0.1) is 0 Å². The first-order valence-electron chi connectivity index (χ1n) is 7.81. The Morgan fingerprint density at radius 1 is 1.15 bits per heavy atom. The van der Waals surface area contributed by atoms with Gasteiger partial charge in [-0.3, -0.25) is 0 Å². The summed E-state index contributed by atoms with van der Waals surface area (Å²) in [5.41, 5.74) is 2.75. The molecule has 2 nitrogen and oxygen atoms in total. The van der Waals surface area contributed by atoms with Gasteiger partial charge in [-0.25, -0.2) is 0 Å². The average molecular weight is 270 g/mol. The zero-order valence-corrected chi connectivity index (χ0v) is 12.8. The molecule has 0 spiro atoms. The highest BCUT2D eigenvalue weighted by molar-refractivity contribution is 6.62. The lowest BCUT2D eigenvalue weighted by atomic mass is 9.43. The Morgan fingerprint density at radius 2 is 1.90 bits per heavy atom. The maximum atomic E-state index is 6.48. The van der Waals surface area contributed by atoms with E-state index in [0.717, 1.165) is 12.3 Å². The molecule has 4 aliphatic rings. The highest BCUT2D eigenvalue weighted by Crippen LogP contribution is 2.65. The smallest absolute Gasteiger partial charge is 0.402 e. The fourth-order valence-electron chi connectivity index (χ4n) is 4.85. The number of rotatable bonds is 1. The molecule has 20 heavy (non-hydrogen) atoms. The predicted octanol–water partition coefficient (Wildman–Crippen LogP) is 2.93. The highest BCUT2D eigenvalue weighted by Gasteiger charge is 2.68. The average Bonchev–Trinajstić information content (AvgIpc) is 2.75. The number of hydrogen-bond acceptors (Lipinski definition) is 2. The van der Waals surface area contributed by atoms with E-state index in [2.05, 4.69) is 52.0 Å². The van der Waals surface area contributed by atoms with Crippen molar-refractivity contribution in [3.8, 4) is 0 Å². The van der Waals surface area contributed by atoms with Crippen LogP contribution in [0.1, 0.15) is 39.2 Å². The van der Waals surface area contributed by atoms with Gasteiger partial charge in [-0.05, 0) is 49.4 Å². The monoisotopic (exact) mass is 270 g/mol. The third-order valence-electron chi connectivity index (χ3n) is 6.39. The topological polar surface area (TPSA) is 18.5 Å². The van der Waals surface area contributed by atoms with Gasteiger partial charge < -0.3 is 9.31 Å². The van der Waals surface area contributed by atoms with Crippen molar-refractivity contribution in [1.82, 2.24) is 0 Å². The third-order valence-corrected chi connectivity index (χ3v) is 6.39. The SMILES string of the molecule is Cc1ccccc1B1O[C@H]2C[C@@H]3C[C@@H](C3(C)C)[C@]2(C)O1. The Kier molecular flexibility index (Phi) is 2.51. The van der Waals surface area contributed by atoms with E-state index in [1.165, 1.54) is 17.4 Å². The lowest BCUT2D eigenvalue weighted by molar-refractivity contribution is -0.199. The standard InChI is InChI=1S/C17H23BO2/c1-11-7-5-6-8-13(11)18-19-15-10-12-9-14(16(12,2)3)17(15,4)20-18/h5-8,12,14-15H,9-10H2,1-4H3/t12-,14-,15-,17-/m0/s1. The Hall–Kier alpha value is -0.795. The van der Waals surface area contributed by atoms with Crippen molar-refractivity contribution in [3.63, 3.8) is 0 Å². The molecule has 4 atom stereocenters. The molecule has 1 saturated heterocycles. The van der Waals surface area contributed by atoms with Gasteiger partial charge in [0.15, 0.2) is 0 Å². The van der Waals surface area contributed by atoms with E-state index in [0.29, 0.717) is 11.3 Å². The summed E-state index contributed by atoms with van der Waals surface area (Å²) in [7, 11) is -0.179. The minimum atomic E-state index is -0.179. The molecule has 3 aliphatic carbocycles. The first kappa shape index (κ1) is 12.9. The summed E-state index contributed by atoms with van der Waals surface area (Å²) in [5, 5.41) is 0. The molecule has 0 radical (unpaired) electrons. The maximum Gasteiger partial charge on any atom is 0.494 e. The van der Waals surface area contributed by atoms with Crippen LogP contribution in [0.5, 0.6) is 0 Å². The molecule has 2 bridgehead atoms. The van der Waals surface area contributed by atoms with Crippen molar-refractivity contribution in [2.45, 2.75) is 52.2 Å². The van der Waals surface area contributed by atoms with E-state index in [1.54, 1.807) is 0 Å². The van der Waals surface area contributed by atoms with Crippen LogP contribution in [0.2, 0.25) is 0 Å². The van der Waals surface area contributed by atoms with Crippen molar-refractivity contribution in [1.29, 1.82) is 0 Å². The molecule has 5 rings (SSSR count). The quantitative estimate of drug-likeness (QED) is 0.730. The van der Waals surface area contributed by atoms with E-state index < -0.39 is 0 Å². The van der Waals surface area contributed by atoms with Crippen molar-refractivity contribution >= 4 is 12.6 Å². The van der Waals surface area contributed by atoms with E-state index >= 15 is 0 Å². The molecule has 0 amide bonds. The summed E-state index contributed by atoms with van der Waals surface area (Å²) in [5.74, 6) is 1.44. The van der Waals surface area contributed by atoms with Gasteiger partial charge in [-0.2, -0.15) is 0 Å². The second kappa shape index (κ2) is 3.89. The maximum absolute atomic E-state index is 6.48. The molecule has 3 heteroatoms. The minimum absolute atomic E-state index is 0.106. The zero-order chi connectivity index (χ0) is 14.1. The molecular weight excluding hydrogens is 247 g/mol. The third kappa shape index (κ3) is 1.48. The van der Waals surface area contributed by atoms with Gasteiger partial charge in [0.2, 0.25) is 0 Å². The van der Waals surface area contributed by atoms with Gasteiger partial charge in [0.25, 0.3) is 0 Å². The Bertz CT molecular complexity index is 556. The summed E-state index contributed by atoms with van der Waals surface area (Å²) >= 11 is 0. The molecule has 0 unspecified atom stereocenters. The number of benzene rings is 1. The van der Waals surface area contributed by atoms with Crippen molar-refractivity contribution < 1.29 is 9.31 Å². The van der Waals surface area contributed by atoms with Crippen LogP contribution in [0.25, 0.3) is 0 Å². The minimum Gasteiger partial charge on any atom is -0.402 e. The Labute approximate surface area is 122 Å². The fraction of sp³-hybridized carbons (Fsp3) is 0.647.